The molecule has 1 aliphatic heterocycles. The molecule has 0 aromatic carbocycles. The molecule has 1 N–H and O–H groups in total. The summed E-state index contributed by atoms with van der Waals surface area (Å²) >= 11 is 1.75. The molecule has 1 aromatic heterocycles. The number of hydrogen-bond acceptors (Lipinski definition) is 4. The molecule has 0 bridgehead atoms. The fraction of sp³-hybridized carbons (Fsp3) is 0.643. The predicted octanol–water partition coefficient (Wildman–Crippen LogP) is 3.23. The summed E-state index contributed by atoms with van der Waals surface area (Å²) < 4.78 is 0. The minimum absolute atomic E-state index is 0.146. The molecule has 0 radical (unpaired) electrons. The molecular weight excluding hydrogens is 244 g/mol. The van der Waals surface area contributed by atoms with Gasteiger partial charge in [-0.1, -0.05) is 18.3 Å². The van der Waals surface area contributed by atoms with E-state index < -0.39 is 0 Å². The first-order valence-electron chi connectivity index (χ1n) is 6.77. The summed E-state index contributed by atoms with van der Waals surface area (Å²) in [5.41, 5.74) is 2.16. The monoisotopic (exact) mass is 266 g/mol. The van der Waals surface area contributed by atoms with E-state index >= 15 is 0 Å². The van der Waals surface area contributed by atoms with Gasteiger partial charge in [-0.05, 0) is 44.3 Å². The molecule has 0 unspecified atom stereocenters. The van der Waals surface area contributed by atoms with Crippen LogP contribution in [-0.2, 0) is 0 Å². The number of aryl methyl sites for hydroxylation is 1. The molecule has 1 aromatic rings. The van der Waals surface area contributed by atoms with E-state index in [0.717, 1.165) is 35.9 Å². The Kier molecular flexibility index (Phi) is 4.78. The van der Waals surface area contributed by atoms with E-state index in [-0.39, 0.29) is 6.61 Å². The summed E-state index contributed by atoms with van der Waals surface area (Å²) in [6.45, 7) is 6.55. The topological polar surface area (TPSA) is 36.4 Å². The molecule has 2 heterocycles. The van der Waals surface area contributed by atoms with Crippen LogP contribution in [0.15, 0.2) is 5.57 Å². The zero-order valence-electron chi connectivity index (χ0n) is 11.3. The van der Waals surface area contributed by atoms with Crippen LogP contribution < -0.4 is 4.90 Å². The first-order chi connectivity index (χ1) is 8.74. The largest absolute Gasteiger partial charge is 0.392 e. The molecule has 1 saturated heterocycles. The van der Waals surface area contributed by atoms with E-state index in [1.807, 2.05) is 0 Å². The molecule has 0 spiro atoms. The van der Waals surface area contributed by atoms with Gasteiger partial charge in [0.2, 0.25) is 0 Å². The predicted molar refractivity (Wildman–Crippen MR) is 78.3 cm³/mol. The highest BCUT2D eigenvalue weighted by atomic mass is 32.1. The first-order valence-corrected chi connectivity index (χ1v) is 7.59. The van der Waals surface area contributed by atoms with Crippen molar-refractivity contribution in [1.29, 1.82) is 0 Å². The lowest BCUT2D eigenvalue weighted by atomic mass is 10.1. The second kappa shape index (κ2) is 6.34. The van der Waals surface area contributed by atoms with Crippen molar-refractivity contribution in [3.63, 3.8) is 0 Å². The van der Waals surface area contributed by atoms with E-state index in [9.17, 15) is 5.11 Å². The van der Waals surface area contributed by atoms with Crippen molar-refractivity contribution < 1.29 is 5.11 Å². The van der Waals surface area contributed by atoms with Crippen molar-refractivity contribution in [1.82, 2.24) is 4.98 Å². The van der Waals surface area contributed by atoms with Gasteiger partial charge in [-0.15, -0.1) is 0 Å². The Bertz CT molecular complexity index is 413. The summed E-state index contributed by atoms with van der Waals surface area (Å²) in [6.07, 6.45) is 6.90. The molecule has 0 saturated carbocycles. The average Bonchev–Trinajstić information content (AvgIpc) is 2.78. The van der Waals surface area contributed by atoms with E-state index in [1.165, 1.54) is 24.1 Å². The normalized spacial score (nSPS) is 17.3. The highest BCUT2D eigenvalue weighted by molar-refractivity contribution is 7.16. The third-order valence-electron chi connectivity index (χ3n) is 3.44. The van der Waals surface area contributed by atoms with E-state index in [0.29, 0.717) is 0 Å². The van der Waals surface area contributed by atoms with E-state index in [1.54, 1.807) is 11.3 Å². The van der Waals surface area contributed by atoms with Crippen LogP contribution in [0.4, 0.5) is 5.13 Å². The van der Waals surface area contributed by atoms with Crippen molar-refractivity contribution in [3.8, 4) is 0 Å². The fourth-order valence-electron chi connectivity index (χ4n) is 2.19. The van der Waals surface area contributed by atoms with Gasteiger partial charge in [-0.25, -0.2) is 4.98 Å². The SMILES string of the molecule is CCC(=Cc1sc(N2CCCCC2)nc1C)CO. The molecule has 1 fully saturated rings. The van der Waals surface area contributed by atoms with E-state index in [4.69, 9.17) is 0 Å². The highest BCUT2D eigenvalue weighted by Gasteiger charge is 2.15. The molecular formula is C14H22N2OS. The van der Waals surface area contributed by atoms with Gasteiger partial charge in [-0.2, -0.15) is 0 Å². The second-order valence-electron chi connectivity index (χ2n) is 4.81. The average molecular weight is 266 g/mol. The number of nitrogens with zero attached hydrogens (tertiary/aromatic N) is 2. The maximum atomic E-state index is 9.24. The lowest BCUT2D eigenvalue weighted by Gasteiger charge is -2.25. The van der Waals surface area contributed by atoms with Gasteiger partial charge in [0.15, 0.2) is 5.13 Å². The van der Waals surface area contributed by atoms with Crippen molar-refractivity contribution in [2.75, 3.05) is 24.6 Å². The summed E-state index contributed by atoms with van der Waals surface area (Å²) in [5.74, 6) is 0. The third-order valence-corrected chi connectivity index (χ3v) is 4.61. The third kappa shape index (κ3) is 3.12. The fourth-order valence-corrected chi connectivity index (χ4v) is 3.30. The van der Waals surface area contributed by atoms with Crippen LogP contribution in [0.25, 0.3) is 6.08 Å². The number of aromatic nitrogens is 1. The number of rotatable bonds is 4. The maximum Gasteiger partial charge on any atom is 0.186 e. The Labute approximate surface area is 113 Å². The van der Waals surface area contributed by atoms with Gasteiger partial charge < -0.3 is 10.0 Å². The van der Waals surface area contributed by atoms with Crippen molar-refractivity contribution in [2.24, 2.45) is 0 Å². The standard InChI is InChI=1S/C14H22N2OS/c1-3-12(10-17)9-13-11(2)15-14(18-13)16-7-5-4-6-8-16/h9,17H,3-8,10H2,1-2H3. The zero-order valence-corrected chi connectivity index (χ0v) is 12.1. The number of piperidine rings is 1. The summed E-state index contributed by atoms with van der Waals surface area (Å²) in [6, 6.07) is 0. The van der Waals surface area contributed by atoms with Crippen molar-refractivity contribution in [2.45, 2.75) is 39.5 Å². The highest BCUT2D eigenvalue weighted by Crippen LogP contribution is 2.30. The summed E-state index contributed by atoms with van der Waals surface area (Å²) in [5, 5.41) is 10.4. The van der Waals surface area contributed by atoms with Crippen LogP contribution in [0.3, 0.4) is 0 Å². The first kappa shape index (κ1) is 13.6. The van der Waals surface area contributed by atoms with Gasteiger partial charge in [-0.3, -0.25) is 0 Å². The zero-order chi connectivity index (χ0) is 13.0. The number of thiazole rings is 1. The lowest BCUT2D eigenvalue weighted by Crippen LogP contribution is -2.29. The van der Waals surface area contributed by atoms with Gasteiger partial charge in [0.25, 0.3) is 0 Å². The number of hydrogen-bond donors (Lipinski definition) is 1. The second-order valence-corrected chi connectivity index (χ2v) is 5.82. The number of aliphatic hydroxyl groups excluding tert-OH is 1. The summed E-state index contributed by atoms with van der Waals surface area (Å²) in [7, 11) is 0. The Morgan fingerprint density at radius 1 is 1.39 bits per heavy atom. The Morgan fingerprint density at radius 2 is 2.11 bits per heavy atom. The Hall–Kier alpha value is -0.870. The molecule has 4 heteroatoms. The van der Waals surface area contributed by atoms with E-state index in [2.05, 4.69) is 29.8 Å². The molecule has 0 amide bonds. The smallest absolute Gasteiger partial charge is 0.186 e. The molecule has 3 nitrogen and oxygen atoms in total. The Morgan fingerprint density at radius 3 is 2.72 bits per heavy atom. The van der Waals surface area contributed by atoms with Crippen LogP contribution in [0.1, 0.15) is 43.2 Å². The van der Waals surface area contributed by atoms with Gasteiger partial charge in [0, 0.05) is 13.1 Å². The van der Waals surface area contributed by atoms with Crippen molar-refractivity contribution in [3.05, 3.63) is 16.1 Å². The Balaban J connectivity index is 2.18. The van der Waals surface area contributed by atoms with Gasteiger partial charge in [0.1, 0.15) is 0 Å². The molecule has 0 atom stereocenters. The van der Waals surface area contributed by atoms with Crippen LogP contribution in [0.2, 0.25) is 0 Å². The minimum atomic E-state index is 0.146. The molecule has 1 aliphatic rings. The number of aliphatic hydroxyl groups is 1. The quantitative estimate of drug-likeness (QED) is 0.909. The van der Waals surface area contributed by atoms with Crippen LogP contribution in [0, 0.1) is 6.92 Å². The summed E-state index contributed by atoms with van der Waals surface area (Å²) in [4.78, 5) is 8.26. The lowest BCUT2D eigenvalue weighted by molar-refractivity contribution is 0.329. The van der Waals surface area contributed by atoms with Gasteiger partial charge >= 0.3 is 0 Å². The van der Waals surface area contributed by atoms with Crippen LogP contribution >= 0.6 is 11.3 Å². The van der Waals surface area contributed by atoms with Crippen LogP contribution in [0.5, 0.6) is 0 Å². The number of anilines is 1. The van der Waals surface area contributed by atoms with Gasteiger partial charge in [0.05, 0.1) is 17.2 Å². The molecule has 2 rings (SSSR count). The van der Waals surface area contributed by atoms with Crippen molar-refractivity contribution >= 4 is 22.5 Å². The maximum absolute atomic E-state index is 9.24. The minimum Gasteiger partial charge on any atom is -0.392 e. The molecule has 18 heavy (non-hydrogen) atoms. The molecule has 0 aliphatic carbocycles. The molecule has 100 valence electrons. The van der Waals surface area contributed by atoms with Crippen LogP contribution in [-0.4, -0.2) is 29.8 Å².